The van der Waals surface area contributed by atoms with Gasteiger partial charge in [0.15, 0.2) is 0 Å². The van der Waals surface area contributed by atoms with Gasteiger partial charge in [-0.2, -0.15) is 26.3 Å². The van der Waals surface area contributed by atoms with Gasteiger partial charge in [-0.15, -0.1) is 0 Å². The first kappa shape index (κ1) is 24.4. The topological polar surface area (TPSA) is 9.72 Å². The highest BCUT2D eigenvalue weighted by atomic mass is 19.4. The molecule has 35 heavy (non-hydrogen) atoms. The van der Waals surface area contributed by atoms with E-state index < -0.39 is 23.5 Å². The smallest absolute Gasteiger partial charge is 0.371 e. The summed E-state index contributed by atoms with van der Waals surface area (Å²) in [5.41, 5.74) is -1.49. The van der Waals surface area contributed by atoms with Crippen molar-refractivity contribution in [3.63, 3.8) is 0 Å². The molecule has 1 saturated carbocycles. The maximum Gasteiger partial charge on any atom is 0.416 e. The Labute approximate surface area is 201 Å². The number of piperazine rings is 1. The second kappa shape index (κ2) is 9.32. The van der Waals surface area contributed by atoms with Crippen LogP contribution in [0, 0.1) is 0 Å². The molecular weight excluding hydrogens is 468 g/mol. The van der Waals surface area contributed by atoms with Crippen molar-refractivity contribution in [3.8, 4) is 0 Å². The van der Waals surface area contributed by atoms with E-state index in [1.165, 1.54) is 12.8 Å². The summed E-state index contributed by atoms with van der Waals surface area (Å²) in [6.45, 7) is 4.67. The van der Waals surface area contributed by atoms with E-state index in [4.69, 9.17) is 0 Å². The van der Waals surface area contributed by atoms with Crippen LogP contribution in [0.1, 0.15) is 41.9 Å². The summed E-state index contributed by atoms with van der Waals surface area (Å²) >= 11 is 0. The van der Waals surface area contributed by atoms with Crippen molar-refractivity contribution in [1.29, 1.82) is 0 Å². The minimum absolute atomic E-state index is 0.0127. The summed E-state index contributed by atoms with van der Waals surface area (Å²) < 4.78 is 80.7. The van der Waals surface area contributed by atoms with Gasteiger partial charge in [0.2, 0.25) is 0 Å². The van der Waals surface area contributed by atoms with Crippen LogP contribution >= 0.6 is 0 Å². The average molecular weight is 498 g/mol. The van der Waals surface area contributed by atoms with E-state index in [-0.39, 0.29) is 23.7 Å². The fourth-order valence-electron chi connectivity index (χ4n) is 5.63. The number of halogens is 6. The van der Waals surface area contributed by atoms with Crippen molar-refractivity contribution in [3.05, 3.63) is 65.2 Å². The monoisotopic (exact) mass is 497 g/mol. The van der Waals surface area contributed by atoms with Gasteiger partial charge in [0.1, 0.15) is 0 Å². The number of hydrogen-bond donors (Lipinski definition) is 0. The minimum atomic E-state index is -4.85. The minimum Gasteiger partial charge on any atom is -0.371 e. The van der Waals surface area contributed by atoms with Gasteiger partial charge in [0, 0.05) is 63.0 Å². The molecular formula is C26H29F6N3. The second-order valence-corrected chi connectivity index (χ2v) is 9.89. The van der Waals surface area contributed by atoms with Crippen LogP contribution in [0.5, 0.6) is 0 Å². The van der Waals surface area contributed by atoms with Crippen molar-refractivity contribution >= 4 is 5.69 Å². The molecule has 0 radical (unpaired) electrons. The lowest BCUT2D eigenvalue weighted by atomic mass is 9.84. The predicted molar refractivity (Wildman–Crippen MR) is 122 cm³/mol. The van der Waals surface area contributed by atoms with Crippen molar-refractivity contribution in [1.82, 2.24) is 9.80 Å². The van der Waals surface area contributed by atoms with Crippen molar-refractivity contribution in [2.75, 3.05) is 44.2 Å². The predicted octanol–water partition coefficient (Wildman–Crippen LogP) is 5.87. The Morgan fingerprint density at radius 2 is 1.23 bits per heavy atom. The summed E-state index contributed by atoms with van der Waals surface area (Å²) in [6, 6.07) is 12.6. The summed E-state index contributed by atoms with van der Waals surface area (Å²) in [5.74, 6) is -0.0127. The van der Waals surface area contributed by atoms with E-state index in [0.717, 1.165) is 43.9 Å². The third-order valence-electron chi connectivity index (χ3n) is 7.62. The van der Waals surface area contributed by atoms with Gasteiger partial charge < -0.3 is 4.90 Å². The van der Waals surface area contributed by atoms with Crippen LogP contribution in [-0.2, 0) is 12.4 Å². The first-order valence-electron chi connectivity index (χ1n) is 12.2. The van der Waals surface area contributed by atoms with Gasteiger partial charge in [0.05, 0.1) is 11.1 Å². The van der Waals surface area contributed by atoms with E-state index in [1.54, 1.807) is 4.90 Å². The fraction of sp³-hybridized carbons (Fsp3) is 0.538. The van der Waals surface area contributed by atoms with E-state index in [9.17, 15) is 26.3 Å². The molecule has 2 atom stereocenters. The Kier molecular flexibility index (Phi) is 6.50. The highest BCUT2D eigenvalue weighted by molar-refractivity contribution is 5.54. The van der Waals surface area contributed by atoms with Crippen LogP contribution in [0.2, 0.25) is 0 Å². The van der Waals surface area contributed by atoms with Gasteiger partial charge in [-0.3, -0.25) is 9.80 Å². The number of piperidine rings is 1. The fourth-order valence-corrected chi connectivity index (χ4v) is 5.63. The quantitative estimate of drug-likeness (QED) is 0.490. The molecule has 2 unspecified atom stereocenters. The van der Waals surface area contributed by atoms with Gasteiger partial charge in [0.25, 0.3) is 0 Å². The van der Waals surface area contributed by atoms with Crippen LogP contribution in [-0.4, -0.2) is 61.2 Å². The van der Waals surface area contributed by atoms with E-state index in [1.807, 2.05) is 30.3 Å². The molecule has 2 saturated heterocycles. The molecule has 190 valence electrons. The maximum absolute atomic E-state index is 13.4. The number of nitrogens with zero attached hydrogens (tertiary/aromatic N) is 3. The van der Waals surface area contributed by atoms with E-state index >= 15 is 0 Å². The molecule has 3 nitrogen and oxygen atoms in total. The summed E-state index contributed by atoms with van der Waals surface area (Å²) in [4.78, 5) is 6.70. The lowest BCUT2D eigenvalue weighted by Crippen LogP contribution is -2.56. The molecule has 3 fully saturated rings. The molecule has 5 rings (SSSR count). The van der Waals surface area contributed by atoms with Crippen LogP contribution in [0.4, 0.5) is 32.0 Å². The zero-order valence-electron chi connectivity index (χ0n) is 19.3. The van der Waals surface area contributed by atoms with Gasteiger partial charge in [-0.05, 0) is 43.0 Å². The molecule has 9 heteroatoms. The number of benzene rings is 2. The standard InChI is InChI=1S/C26H29F6N3/c27-25(28,29)19-14-20(26(30,31)32)16-22(15-19)35-9-8-24(23(17-35)18-4-2-1-3-5-18)34-12-10-33(11-13-34)21-6-7-21/h1-5,14-16,21,23-24H,6-13,17H2. The molecule has 0 aromatic heterocycles. The van der Waals surface area contributed by atoms with Crippen LogP contribution in [0.25, 0.3) is 0 Å². The SMILES string of the molecule is FC(F)(F)c1cc(N2CCC(N3CCN(C4CC4)CC3)C(c3ccccc3)C2)cc(C(F)(F)F)c1. The number of alkyl halides is 6. The number of rotatable bonds is 4. The highest BCUT2D eigenvalue weighted by Crippen LogP contribution is 2.41. The lowest BCUT2D eigenvalue weighted by Gasteiger charge is -2.47. The normalized spacial score (nSPS) is 25.1. The van der Waals surface area contributed by atoms with Crippen molar-refractivity contribution in [2.45, 2.75) is 49.6 Å². The maximum atomic E-state index is 13.4. The third-order valence-corrected chi connectivity index (χ3v) is 7.62. The molecule has 0 bridgehead atoms. The Hall–Kier alpha value is -2.26. The van der Waals surface area contributed by atoms with Crippen LogP contribution < -0.4 is 4.90 Å². The van der Waals surface area contributed by atoms with E-state index in [0.29, 0.717) is 25.6 Å². The van der Waals surface area contributed by atoms with Gasteiger partial charge >= 0.3 is 12.4 Å². The molecule has 2 aromatic rings. The molecule has 3 aliphatic rings. The molecule has 0 spiro atoms. The van der Waals surface area contributed by atoms with Gasteiger partial charge in [-0.1, -0.05) is 30.3 Å². The molecule has 2 aromatic carbocycles. The lowest BCUT2D eigenvalue weighted by molar-refractivity contribution is -0.143. The number of anilines is 1. The molecule has 2 heterocycles. The Balaban J connectivity index is 1.42. The van der Waals surface area contributed by atoms with E-state index in [2.05, 4.69) is 9.80 Å². The Bertz CT molecular complexity index is 978. The zero-order valence-corrected chi connectivity index (χ0v) is 19.3. The van der Waals surface area contributed by atoms with Gasteiger partial charge in [-0.25, -0.2) is 0 Å². The molecule has 0 amide bonds. The summed E-state index contributed by atoms with van der Waals surface area (Å²) in [7, 11) is 0. The van der Waals surface area contributed by atoms with Crippen molar-refractivity contribution < 1.29 is 26.3 Å². The highest BCUT2D eigenvalue weighted by Gasteiger charge is 2.40. The third kappa shape index (κ3) is 5.45. The largest absolute Gasteiger partial charge is 0.416 e. The first-order valence-corrected chi connectivity index (χ1v) is 12.2. The van der Waals surface area contributed by atoms with Crippen molar-refractivity contribution in [2.24, 2.45) is 0 Å². The number of hydrogen-bond acceptors (Lipinski definition) is 3. The molecule has 0 N–H and O–H groups in total. The Morgan fingerprint density at radius 3 is 1.77 bits per heavy atom. The summed E-state index contributed by atoms with van der Waals surface area (Å²) in [6.07, 6.45) is -6.49. The Morgan fingerprint density at radius 1 is 0.657 bits per heavy atom. The molecule has 1 aliphatic carbocycles. The summed E-state index contributed by atoms with van der Waals surface area (Å²) in [5, 5.41) is 0. The second-order valence-electron chi connectivity index (χ2n) is 9.89. The van der Waals surface area contributed by atoms with Crippen LogP contribution in [0.3, 0.4) is 0 Å². The average Bonchev–Trinajstić information content (AvgIpc) is 3.69. The van der Waals surface area contributed by atoms with Crippen LogP contribution in [0.15, 0.2) is 48.5 Å². The molecule has 2 aliphatic heterocycles. The first-order chi connectivity index (χ1) is 16.6. The zero-order chi connectivity index (χ0) is 24.8.